The molecule has 1 aliphatic rings. The van der Waals surface area contributed by atoms with Gasteiger partial charge in [0, 0.05) is 12.4 Å². The maximum atomic E-state index is 4.51. The van der Waals surface area contributed by atoms with Crippen molar-refractivity contribution in [3.05, 3.63) is 84.0 Å². The Morgan fingerprint density at radius 3 is 1.90 bits per heavy atom. The van der Waals surface area contributed by atoms with Crippen LogP contribution in [0.3, 0.4) is 0 Å². The molecule has 1 aliphatic carbocycles. The van der Waals surface area contributed by atoms with Crippen molar-refractivity contribution in [3.63, 3.8) is 0 Å². The van der Waals surface area contributed by atoms with Gasteiger partial charge >= 0.3 is 0 Å². The van der Waals surface area contributed by atoms with Crippen molar-refractivity contribution >= 4 is 23.8 Å². The van der Waals surface area contributed by atoms with Gasteiger partial charge in [-0.15, -0.1) is 0 Å². The number of benzene rings is 2. The van der Waals surface area contributed by atoms with E-state index in [2.05, 4.69) is 22.1 Å². The van der Waals surface area contributed by atoms with Crippen molar-refractivity contribution in [3.8, 4) is 0 Å². The Labute approximate surface area is 124 Å². The van der Waals surface area contributed by atoms with E-state index in [4.69, 9.17) is 0 Å². The summed E-state index contributed by atoms with van der Waals surface area (Å²) in [5, 5.41) is 0. The van der Waals surface area contributed by atoms with Crippen molar-refractivity contribution in [1.29, 1.82) is 0 Å². The summed E-state index contributed by atoms with van der Waals surface area (Å²) < 4.78 is 0. The van der Waals surface area contributed by atoms with E-state index in [1.54, 1.807) is 0 Å². The molecule has 2 nitrogen and oxygen atoms in total. The molecule has 0 saturated heterocycles. The summed E-state index contributed by atoms with van der Waals surface area (Å²) in [6.07, 6.45) is 8.98. The van der Waals surface area contributed by atoms with Gasteiger partial charge in [0.2, 0.25) is 0 Å². The first-order valence-electron chi connectivity index (χ1n) is 7.00. The van der Waals surface area contributed by atoms with E-state index in [-0.39, 0.29) is 0 Å². The van der Waals surface area contributed by atoms with Gasteiger partial charge in [-0.3, -0.25) is 9.98 Å². The molecule has 0 atom stereocenters. The Morgan fingerprint density at radius 1 is 0.714 bits per heavy atom. The van der Waals surface area contributed by atoms with E-state index in [1.807, 2.05) is 73.1 Å². The van der Waals surface area contributed by atoms with Crippen molar-refractivity contribution in [1.82, 2.24) is 0 Å². The van der Waals surface area contributed by atoms with Crippen LogP contribution >= 0.6 is 0 Å². The highest BCUT2D eigenvalue weighted by Gasteiger charge is 2.04. The Hall–Kier alpha value is -2.74. The summed E-state index contributed by atoms with van der Waals surface area (Å²) in [5.41, 5.74) is 4.25. The number of nitrogens with zero attached hydrogens (tertiary/aromatic N) is 2. The number of rotatable bonds is 4. The molecule has 3 rings (SSSR count). The highest BCUT2D eigenvalue weighted by Crippen LogP contribution is 2.19. The molecule has 0 unspecified atom stereocenters. The van der Waals surface area contributed by atoms with E-state index in [0.29, 0.717) is 0 Å². The average Bonchev–Trinajstić information content (AvgIpc) is 3.00. The molecule has 2 aromatic carbocycles. The molecule has 0 saturated carbocycles. The molecular weight excluding hydrogens is 256 g/mol. The van der Waals surface area contributed by atoms with E-state index in [0.717, 1.165) is 23.4 Å². The zero-order valence-electron chi connectivity index (χ0n) is 11.7. The Balaban J connectivity index is 1.78. The maximum Gasteiger partial charge on any atom is 0.0629 e. The van der Waals surface area contributed by atoms with Crippen LogP contribution in [0.1, 0.15) is 6.42 Å². The average molecular weight is 272 g/mol. The standard InChI is InChI=1S/C19H16N2/c1-3-10-18(11-4-1)20-14-16-8-7-9-17(16)15-21-19-12-5-2-6-13-19/h1-8,10-15H,9H2. The van der Waals surface area contributed by atoms with Crippen LogP contribution < -0.4 is 0 Å². The number of para-hydroxylation sites is 2. The lowest BCUT2D eigenvalue weighted by Crippen LogP contribution is -1.87. The normalized spacial score (nSPS) is 14.7. The highest BCUT2D eigenvalue weighted by molar-refractivity contribution is 5.96. The van der Waals surface area contributed by atoms with Gasteiger partial charge in [0.15, 0.2) is 0 Å². The third-order valence-corrected chi connectivity index (χ3v) is 3.24. The third kappa shape index (κ3) is 3.63. The van der Waals surface area contributed by atoms with Gasteiger partial charge in [-0.2, -0.15) is 0 Å². The van der Waals surface area contributed by atoms with Crippen LogP contribution in [0, 0.1) is 0 Å². The highest BCUT2D eigenvalue weighted by atomic mass is 14.7. The van der Waals surface area contributed by atoms with Gasteiger partial charge < -0.3 is 0 Å². The summed E-state index contributed by atoms with van der Waals surface area (Å²) in [7, 11) is 0. The minimum absolute atomic E-state index is 0.909. The third-order valence-electron chi connectivity index (χ3n) is 3.24. The summed E-state index contributed by atoms with van der Waals surface area (Å²) >= 11 is 0. The van der Waals surface area contributed by atoms with E-state index in [1.165, 1.54) is 5.57 Å². The molecule has 0 N–H and O–H groups in total. The van der Waals surface area contributed by atoms with Gasteiger partial charge in [-0.05, 0) is 41.8 Å². The molecule has 0 radical (unpaired) electrons. The fourth-order valence-corrected chi connectivity index (χ4v) is 2.12. The summed E-state index contributed by atoms with van der Waals surface area (Å²) in [6, 6.07) is 19.9. The van der Waals surface area contributed by atoms with Crippen LogP contribution in [0.15, 0.2) is 93.9 Å². The fourth-order valence-electron chi connectivity index (χ4n) is 2.12. The van der Waals surface area contributed by atoms with Crippen LogP contribution in [-0.2, 0) is 0 Å². The summed E-state index contributed by atoms with van der Waals surface area (Å²) in [5.74, 6) is 0. The maximum absolute atomic E-state index is 4.51. The Kier molecular flexibility index (Phi) is 4.18. The van der Waals surface area contributed by atoms with Gasteiger partial charge in [-0.25, -0.2) is 0 Å². The molecule has 102 valence electrons. The SMILES string of the molecule is C1=CC(C=Nc2ccccc2)=C(C=Nc2ccccc2)C1. The van der Waals surface area contributed by atoms with Crippen molar-refractivity contribution in [2.24, 2.45) is 9.98 Å². The minimum Gasteiger partial charge on any atom is -0.257 e. The van der Waals surface area contributed by atoms with Gasteiger partial charge in [0.1, 0.15) is 0 Å². The van der Waals surface area contributed by atoms with Crippen LogP contribution in [-0.4, -0.2) is 12.4 Å². The molecular formula is C19H16N2. The number of allylic oxidation sites excluding steroid dienone is 4. The van der Waals surface area contributed by atoms with Crippen molar-refractivity contribution in [2.45, 2.75) is 6.42 Å². The summed E-state index contributed by atoms with van der Waals surface area (Å²) in [6.45, 7) is 0. The largest absolute Gasteiger partial charge is 0.257 e. The Bertz CT molecular complexity index is 708. The second kappa shape index (κ2) is 6.62. The van der Waals surface area contributed by atoms with E-state index < -0.39 is 0 Å². The fraction of sp³-hybridized carbons (Fsp3) is 0.0526. The van der Waals surface area contributed by atoms with Gasteiger partial charge in [0.05, 0.1) is 11.4 Å². The molecule has 0 fully saturated rings. The zero-order chi connectivity index (χ0) is 14.3. The molecule has 0 heterocycles. The quantitative estimate of drug-likeness (QED) is 0.696. The zero-order valence-corrected chi connectivity index (χ0v) is 11.7. The van der Waals surface area contributed by atoms with Crippen LogP contribution in [0.4, 0.5) is 11.4 Å². The lowest BCUT2D eigenvalue weighted by atomic mass is 10.2. The van der Waals surface area contributed by atoms with Crippen molar-refractivity contribution in [2.75, 3.05) is 0 Å². The lowest BCUT2D eigenvalue weighted by Gasteiger charge is -1.97. The van der Waals surface area contributed by atoms with E-state index in [9.17, 15) is 0 Å². The molecule has 0 spiro atoms. The molecule has 2 aromatic rings. The predicted octanol–water partition coefficient (Wildman–Crippen LogP) is 5.05. The first-order valence-corrected chi connectivity index (χ1v) is 7.00. The molecule has 2 heteroatoms. The minimum atomic E-state index is 0.909. The number of aliphatic imine (C=N–C) groups is 2. The molecule has 0 amide bonds. The molecule has 21 heavy (non-hydrogen) atoms. The second-order valence-electron chi connectivity index (χ2n) is 4.77. The number of hydrogen-bond acceptors (Lipinski definition) is 2. The first-order chi connectivity index (χ1) is 10.4. The van der Waals surface area contributed by atoms with Crippen LogP contribution in [0.2, 0.25) is 0 Å². The molecule has 0 aliphatic heterocycles. The monoisotopic (exact) mass is 272 g/mol. The Morgan fingerprint density at radius 2 is 1.29 bits per heavy atom. The van der Waals surface area contributed by atoms with Crippen LogP contribution in [0.5, 0.6) is 0 Å². The summed E-state index contributed by atoms with van der Waals surface area (Å²) in [4.78, 5) is 9.01. The molecule has 0 aromatic heterocycles. The lowest BCUT2D eigenvalue weighted by molar-refractivity contribution is 1.36. The van der Waals surface area contributed by atoms with Gasteiger partial charge in [0.25, 0.3) is 0 Å². The number of hydrogen-bond donors (Lipinski definition) is 0. The smallest absolute Gasteiger partial charge is 0.0629 e. The predicted molar refractivity (Wildman–Crippen MR) is 90.0 cm³/mol. The molecule has 0 bridgehead atoms. The first kappa shape index (κ1) is 13.3. The van der Waals surface area contributed by atoms with Gasteiger partial charge in [-0.1, -0.05) is 48.6 Å². The van der Waals surface area contributed by atoms with Crippen LogP contribution in [0.25, 0.3) is 0 Å². The topological polar surface area (TPSA) is 24.7 Å². The second-order valence-corrected chi connectivity index (χ2v) is 4.77. The van der Waals surface area contributed by atoms with E-state index >= 15 is 0 Å². The van der Waals surface area contributed by atoms with Crippen molar-refractivity contribution < 1.29 is 0 Å².